The van der Waals surface area contributed by atoms with Crippen molar-refractivity contribution in [1.82, 2.24) is 14.6 Å². The van der Waals surface area contributed by atoms with E-state index in [1.54, 1.807) is 12.4 Å². The summed E-state index contributed by atoms with van der Waals surface area (Å²) in [6.07, 6.45) is 4.17. The van der Waals surface area contributed by atoms with E-state index in [0.29, 0.717) is 19.6 Å². The first-order valence-corrected chi connectivity index (χ1v) is 7.00. The summed E-state index contributed by atoms with van der Waals surface area (Å²) in [4.78, 5) is 9.04. The number of aromatic nitrogens is 3. The Morgan fingerprint density at radius 1 is 1.33 bits per heavy atom. The second kappa shape index (κ2) is 6.01. The summed E-state index contributed by atoms with van der Waals surface area (Å²) in [5, 5.41) is 5.51. The third kappa shape index (κ3) is 2.52. The number of benzene rings is 1. The fraction of sp³-hybridized carbons (Fsp3) is 0.250. The first-order valence-electron chi connectivity index (χ1n) is 7.00. The molecule has 0 saturated heterocycles. The summed E-state index contributed by atoms with van der Waals surface area (Å²) >= 11 is 0. The van der Waals surface area contributed by atoms with E-state index in [4.69, 9.17) is 4.74 Å². The van der Waals surface area contributed by atoms with Gasteiger partial charge >= 0.3 is 0 Å². The van der Waals surface area contributed by atoms with Crippen LogP contribution in [0.1, 0.15) is 19.2 Å². The molecule has 2 heterocycles. The lowest BCUT2D eigenvalue weighted by Crippen LogP contribution is -2.01. The molecule has 0 fully saturated rings. The largest absolute Gasteiger partial charge is 0.374 e. The van der Waals surface area contributed by atoms with Gasteiger partial charge in [-0.2, -0.15) is 5.10 Å². The van der Waals surface area contributed by atoms with Gasteiger partial charge in [0, 0.05) is 18.2 Å². The van der Waals surface area contributed by atoms with E-state index in [0.717, 1.165) is 27.8 Å². The van der Waals surface area contributed by atoms with Crippen LogP contribution >= 0.6 is 0 Å². The van der Waals surface area contributed by atoms with Crippen LogP contribution in [0.5, 0.6) is 0 Å². The van der Waals surface area contributed by atoms with E-state index in [1.165, 1.54) is 0 Å². The smallest absolute Gasteiger partial charge is 0.157 e. The number of hydrogen-bond donors (Lipinski definition) is 0. The molecule has 0 aliphatic rings. The molecule has 0 aliphatic carbocycles. The van der Waals surface area contributed by atoms with Gasteiger partial charge in [-0.1, -0.05) is 18.2 Å². The maximum atomic E-state index is 5.49. The molecule has 0 unspecified atom stereocenters. The Morgan fingerprint density at radius 3 is 3.00 bits per heavy atom. The van der Waals surface area contributed by atoms with Crippen LogP contribution in [0.3, 0.4) is 0 Å². The van der Waals surface area contributed by atoms with Crippen molar-refractivity contribution in [2.24, 2.45) is 5.10 Å². The van der Waals surface area contributed by atoms with Gasteiger partial charge in [-0.25, -0.2) is 9.66 Å². The molecule has 0 spiro atoms. The first-order chi connectivity index (χ1) is 10.3. The Bertz CT molecular complexity index is 791. The molecule has 3 aromatic rings. The minimum Gasteiger partial charge on any atom is -0.374 e. The zero-order valence-corrected chi connectivity index (χ0v) is 12.0. The van der Waals surface area contributed by atoms with Gasteiger partial charge in [0.05, 0.1) is 11.7 Å². The molecule has 2 aromatic heterocycles. The summed E-state index contributed by atoms with van der Waals surface area (Å²) in [5.74, 6) is 0.773. The van der Waals surface area contributed by atoms with Crippen molar-refractivity contribution in [3.8, 4) is 0 Å². The third-order valence-electron chi connectivity index (χ3n) is 3.20. The van der Waals surface area contributed by atoms with Crippen molar-refractivity contribution in [1.29, 1.82) is 0 Å². The number of nitrogens with zero attached hydrogens (tertiary/aromatic N) is 4. The second-order valence-corrected chi connectivity index (χ2v) is 4.57. The van der Waals surface area contributed by atoms with E-state index in [9.17, 15) is 0 Å². The van der Waals surface area contributed by atoms with Crippen molar-refractivity contribution in [3.63, 3.8) is 0 Å². The molecular weight excluding hydrogens is 264 g/mol. The molecule has 1 aromatic carbocycles. The number of rotatable bonds is 5. The predicted molar refractivity (Wildman–Crippen MR) is 84.2 cm³/mol. The zero-order valence-electron chi connectivity index (χ0n) is 12.0. The minimum absolute atomic E-state index is 0.425. The van der Waals surface area contributed by atoms with Crippen molar-refractivity contribution >= 4 is 28.2 Å². The molecule has 0 atom stereocenters. The fourth-order valence-corrected chi connectivity index (χ4v) is 2.29. The summed E-state index contributed by atoms with van der Waals surface area (Å²) in [5.41, 5.74) is 2.71. The summed E-state index contributed by atoms with van der Waals surface area (Å²) < 4.78 is 7.32. The lowest BCUT2D eigenvalue weighted by molar-refractivity contribution is 0.126. The van der Waals surface area contributed by atoms with Crippen LogP contribution in [0.4, 0.5) is 0 Å². The molecule has 0 aliphatic heterocycles. The van der Waals surface area contributed by atoms with Crippen molar-refractivity contribution in [2.45, 2.75) is 20.0 Å². The van der Waals surface area contributed by atoms with Crippen LogP contribution in [-0.4, -0.2) is 27.5 Å². The summed E-state index contributed by atoms with van der Waals surface area (Å²) in [6.45, 7) is 6.82. The first kappa shape index (κ1) is 13.7. The molecule has 0 N–H and O–H groups in total. The maximum absolute atomic E-state index is 5.49. The van der Waals surface area contributed by atoms with Crippen LogP contribution in [0.15, 0.2) is 35.6 Å². The number of pyridine rings is 1. The molecule has 5 heteroatoms. The Hall–Kier alpha value is -2.27. The highest BCUT2D eigenvalue weighted by atomic mass is 16.5. The molecule has 21 heavy (non-hydrogen) atoms. The fourth-order valence-electron chi connectivity index (χ4n) is 2.29. The molecule has 5 nitrogen and oxygen atoms in total. The number of fused-ring (bicyclic) bond motifs is 3. The molecule has 107 valence electrons. The molecule has 0 saturated carbocycles. The van der Waals surface area contributed by atoms with Crippen LogP contribution in [-0.2, 0) is 11.3 Å². The molecule has 1 radical (unpaired) electrons. The highest BCUT2D eigenvalue weighted by molar-refractivity contribution is 6.02. The van der Waals surface area contributed by atoms with Crippen LogP contribution in [0, 0.1) is 6.92 Å². The van der Waals surface area contributed by atoms with Crippen LogP contribution in [0.2, 0.25) is 0 Å². The lowest BCUT2D eigenvalue weighted by atomic mass is 10.2. The van der Waals surface area contributed by atoms with Crippen molar-refractivity contribution in [2.75, 3.05) is 6.61 Å². The van der Waals surface area contributed by atoms with E-state index in [1.807, 2.05) is 35.9 Å². The van der Waals surface area contributed by atoms with Gasteiger partial charge in [-0.15, -0.1) is 0 Å². The SMILES string of the molecule is [CH2]CC=Nn1c(COCC)nc2cnc3ccccc3c21. The average molecular weight is 281 g/mol. The van der Waals surface area contributed by atoms with Crippen LogP contribution < -0.4 is 0 Å². The summed E-state index contributed by atoms with van der Waals surface area (Å²) in [6, 6.07) is 7.99. The van der Waals surface area contributed by atoms with Gasteiger partial charge in [0.15, 0.2) is 5.82 Å². The monoisotopic (exact) mass is 281 g/mol. The summed E-state index contributed by atoms with van der Waals surface area (Å²) in [7, 11) is 0. The van der Waals surface area contributed by atoms with Gasteiger partial charge in [-0.05, 0) is 26.3 Å². The Balaban J connectivity index is 2.27. The topological polar surface area (TPSA) is 52.3 Å². The Kier molecular flexibility index (Phi) is 3.92. The van der Waals surface area contributed by atoms with Gasteiger partial charge in [0.1, 0.15) is 17.6 Å². The zero-order chi connectivity index (χ0) is 14.7. The van der Waals surface area contributed by atoms with Crippen molar-refractivity contribution < 1.29 is 4.74 Å². The highest BCUT2D eigenvalue weighted by Crippen LogP contribution is 2.24. The standard InChI is InChI=1S/C16H17N4O/c1-3-9-18-20-15(11-21-4-2)19-14-10-17-13-8-6-5-7-12(13)16(14)20/h5-10H,1,3-4,11H2,2H3. The van der Waals surface area contributed by atoms with Gasteiger partial charge in [0.2, 0.25) is 0 Å². The van der Waals surface area contributed by atoms with E-state index in [2.05, 4.69) is 22.0 Å². The molecular formula is C16H17N4O. The third-order valence-corrected chi connectivity index (χ3v) is 3.20. The predicted octanol–water partition coefficient (Wildman–Crippen LogP) is 3.18. The lowest BCUT2D eigenvalue weighted by Gasteiger charge is -2.04. The quantitative estimate of drug-likeness (QED) is 0.675. The molecule has 0 amide bonds. The molecule has 3 rings (SSSR count). The Labute approximate surface area is 123 Å². The van der Waals surface area contributed by atoms with E-state index < -0.39 is 0 Å². The highest BCUT2D eigenvalue weighted by Gasteiger charge is 2.13. The van der Waals surface area contributed by atoms with Gasteiger partial charge in [-0.3, -0.25) is 4.98 Å². The van der Waals surface area contributed by atoms with Crippen molar-refractivity contribution in [3.05, 3.63) is 43.2 Å². The van der Waals surface area contributed by atoms with E-state index in [-0.39, 0.29) is 0 Å². The number of ether oxygens (including phenoxy) is 1. The van der Waals surface area contributed by atoms with Gasteiger partial charge < -0.3 is 4.74 Å². The van der Waals surface area contributed by atoms with Crippen LogP contribution in [0.25, 0.3) is 21.9 Å². The number of imidazole rings is 1. The van der Waals surface area contributed by atoms with Gasteiger partial charge in [0.25, 0.3) is 0 Å². The average Bonchev–Trinajstić information content (AvgIpc) is 2.88. The minimum atomic E-state index is 0.425. The second-order valence-electron chi connectivity index (χ2n) is 4.57. The number of hydrogen-bond acceptors (Lipinski definition) is 4. The Morgan fingerprint density at radius 2 is 2.19 bits per heavy atom. The molecule has 0 bridgehead atoms. The maximum Gasteiger partial charge on any atom is 0.157 e. The number of para-hydroxylation sites is 1. The normalized spacial score (nSPS) is 11.9. The van der Waals surface area contributed by atoms with E-state index >= 15 is 0 Å².